The van der Waals surface area contributed by atoms with Crippen molar-refractivity contribution in [1.29, 1.82) is 0 Å². The van der Waals surface area contributed by atoms with Crippen LogP contribution in [-0.2, 0) is 12.6 Å². The summed E-state index contributed by atoms with van der Waals surface area (Å²) >= 11 is 0. The van der Waals surface area contributed by atoms with Crippen LogP contribution in [0.3, 0.4) is 0 Å². The van der Waals surface area contributed by atoms with Crippen LogP contribution in [0.25, 0.3) is 0 Å². The topological polar surface area (TPSA) is 12.0 Å². The molecule has 0 aliphatic heterocycles. The Bertz CT molecular complexity index is 408. The highest BCUT2D eigenvalue weighted by atomic mass is 19.4. The summed E-state index contributed by atoms with van der Waals surface area (Å²) in [6.07, 6.45) is -3.72. The Kier molecular flexibility index (Phi) is 4.21. The minimum atomic E-state index is -4.28. The van der Waals surface area contributed by atoms with E-state index in [1.54, 1.807) is 0 Å². The van der Waals surface area contributed by atoms with E-state index in [1.165, 1.54) is 12.1 Å². The van der Waals surface area contributed by atoms with Crippen LogP contribution in [0.1, 0.15) is 25.0 Å². The van der Waals surface area contributed by atoms with Crippen molar-refractivity contribution in [2.24, 2.45) is 0 Å². The zero-order chi connectivity index (χ0) is 13.1. The Morgan fingerprint density at radius 2 is 2.00 bits per heavy atom. The molecular weight excluding hydrogens is 227 g/mol. The third kappa shape index (κ3) is 3.80. The minimum Gasteiger partial charge on any atom is -0.381 e. The molecule has 0 heterocycles. The van der Waals surface area contributed by atoms with Gasteiger partial charge in [0.25, 0.3) is 0 Å². The molecule has 1 N–H and O–H groups in total. The average molecular weight is 243 g/mol. The maximum atomic E-state index is 12.5. The lowest BCUT2D eigenvalue weighted by Gasteiger charge is -2.14. The number of halogens is 3. The molecule has 0 saturated heterocycles. The lowest BCUT2D eigenvalue weighted by Crippen LogP contribution is -2.09. The predicted molar refractivity (Wildman–Crippen MR) is 64.1 cm³/mol. The molecule has 0 fully saturated rings. The van der Waals surface area contributed by atoms with Gasteiger partial charge < -0.3 is 5.32 Å². The standard InChI is InChI=1S/C13H16F3N/c1-4-10-7-11(13(14,15)16)5-6-12(10)17-8-9(2)3/h5-7,17H,2,4,8H2,1,3H3. The highest BCUT2D eigenvalue weighted by molar-refractivity contribution is 5.53. The third-order valence-corrected chi connectivity index (χ3v) is 2.39. The summed E-state index contributed by atoms with van der Waals surface area (Å²) in [7, 11) is 0. The maximum Gasteiger partial charge on any atom is 0.416 e. The van der Waals surface area contributed by atoms with Gasteiger partial charge in [0, 0.05) is 12.2 Å². The Labute approximate surface area is 99.3 Å². The van der Waals surface area contributed by atoms with Gasteiger partial charge in [-0.2, -0.15) is 13.2 Å². The first-order valence-corrected chi connectivity index (χ1v) is 5.43. The monoisotopic (exact) mass is 243 g/mol. The van der Waals surface area contributed by atoms with E-state index in [0.717, 1.165) is 17.3 Å². The number of hydrogen-bond donors (Lipinski definition) is 1. The highest BCUT2D eigenvalue weighted by Gasteiger charge is 2.30. The molecule has 0 aromatic heterocycles. The van der Waals surface area contributed by atoms with Crippen LogP contribution in [-0.4, -0.2) is 6.54 Å². The van der Waals surface area contributed by atoms with E-state index in [-0.39, 0.29) is 0 Å². The summed E-state index contributed by atoms with van der Waals surface area (Å²) < 4.78 is 37.5. The number of alkyl halides is 3. The van der Waals surface area contributed by atoms with Gasteiger partial charge in [0.15, 0.2) is 0 Å². The fraction of sp³-hybridized carbons (Fsp3) is 0.385. The Morgan fingerprint density at radius 1 is 1.35 bits per heavy atom. The summed E-state index contributed by atoms with van der Waals surface area (Å²) in [6, 6.07) is 3.77. The van der Waals surface area contributed by atoms with Gasteiger partial charge in [-0.1, -0.05) is 19.1 Å². The quantitative estimate of drug-likeness (QED) is 0.779. The summed E-state index contributed by atoms with van der Waals surface area (Å²) in [5.74, 6) is 0. The Balaban J connectivity index is 2.97. The van der Waals surface area contributed by atoms with Crippen molar-refractivity contribution < 1.29 is 13.2 Å². The number of aryl methyl sites for hydroxylation is 1. The second-order valence-corrected chi connectivity index (χ2v) is 4.03. The summed E-state index contributed by atoms with van der Waals surface area (Å²) in [5, 5.41) is 3.08. The second kappa shape index (κ2) is 5.25. The van der Waals surface area contributed by atoms with Crippen LogP contribution < -0.4 is 5.32 Å². The van der Waals surface area contributed by atoms with Crippen LogP contribution in [0, 0.1) is 0 Å². The van der Waals surface area contributed by atoms with Gasteiger partial charge in [-0.15, -0.1) is 0 Å². The summed E-state index contributed by atoms with van der Waals surface area (Å²) in [5.41, 5.74) is 1.74. The fourth-order valence-corrected chi connectivity index (χ4v) is 1.48. The lowest BCUT2D eigenvalue weighted by atomic mass is 10.1. The number of hydrogen-bond acceptors (Lipinski definition) is 1. The van der Waals surface area contributed by atoms with E-state index in [9.17, 15) is 13.2 Å². The van der Waals surface area contributed by atoms with E-state index in [4.69, 9.17) is 0 Å². The van der Waals surface area contributed by atoms with E-state index in [2.05, 4.69) is 11.9 Å². The van der Waals surface area contributed by atoms with Crippen molar-refractivity contribution in [2.75, 3.05) is 11.9 Å². The molecule has 1 aromatic rings. The molecule has 94 valence electrons. The molecule has 4 heteroatoms. The highest BCUT2D eigenvalue weighted by Crippen LogP contribution is 2.32. The zero-order valence-corrected chi connectivity index (χ0v) is 9.99. The predicted octanol–water partition coefficient (Wildman–Crippen LogP) is 4.26. The molecule has 0 amide bonds. The lowest BCUT2D eigenvalue weighted by molar-refractivity contribution is -0.137. The minimum absolute atomic E-state index is 0.558. The van der Waals surface area contributed by atoms with Crippen molar-refractivity contribution in [3.05, 3.63) is 41.5 Å². The molecule has 1 aromatic carbocycles. The van der Waals surface area contributed by atoms with Crippen LogP contribution in [0.2, 0.25) is 0 Å². The van der Waals surface area contributed by atoms with Gasteiger partial charge in [0.1, 0.15) is 0 Å². The third-order valence-electron chi connectivity index (χ3n) is 2.39. The van der Waals surface area contributed by atoms with Crippen LogP contribution >= 0.6 is 0 Å². The van der Waals surface area contributed by atoms with Crippen LogP contribution in [0.5, 0.6) is 0 Å². The Hall–Kier alpha value is -1.45. The molecule has 1 nitrogen and oxygen atoms in total. The van der Waals surface area contributed by atoms with Crippen LogP contribution in [0.4, 0.5) is 18.9 Å². The molecule has 0 radical (unpaired) electrons. The number of benzene rings is 1. The van der Waals surface area contributed by atoms with Gasteiger partial charge in [-0.25, -0.2) is 0 Å². The molecular formula is C13H16F3N. The van der Waals surface area contributed by atoms with Crippen molar-refractivity contribution in [1.82, 2.24) is 0 Å². The van der Waals surface area contributed by atoms with Crippen molar-refractivity contribution in [3.63, 3.8) is 0 Å². The van der Waals surface area contributed by atoms with Gasteiger partial charge >= 0.3 is 6.18 Å². The summed E-state index contributed by atoms with van der Waals surface area (Å²) in [6.45, 7) is 8.01. The first-order chi connectivity index (χ1) is 7.84. The van der Waals surface area contributed by atoms with E-state index in [0.29, 0.717) is 18.5 Å². The van der Waals surface area contributed by atoms with Crippen LogP contribution in [0.15, 0.2) is 30.4 Å². The molecule has 0 bridgehead atoms. The number of rotatable bonds is 4. The summed E-state index contributed by atoms with van der Waals surface area (Å²) in [4.78, 5) is 0. The molecule has 0 saturated carbocycles. The van der Waals surface area contributed by atoms with Crippen molar-refractivity contribution in [2.45, 2.75) is 26.4 Å². The smallest absolute Gasteiger partial charge is 0.381 e. The molecule has 0 spiro atoms. The average Bonchev–Trinajstić information content (AvgIpc) is 2.24. The zero-order valence-electron chi connectivity index (χ0n) is 9.99. The van der Waals surface area contributed by atoms with E-state index < -0.39 is 11.7 Å². The number of nitrogens with one attached hydrogen (secondary N) is 1. The van der Waals surface area contributed by atoms with Gasteiger partial charge in [-0.05, 0) is 37.1 Å². The Morgan fingerprint density at radius 3 is 2.47 bits per heavy atom. The van der Waals surface area contributed by atoms with E-state index >= 15 is 0 Å². The first-order valence-electron chi connectivity index (χ1n) is 5.43. The molecule has 1 rings (SSSR count). The SMILES string of the molecule is C=C(C)CNc1ccc(C(F)(F)F)cc1CC. The van der Waals surface area contributed by atoms with Gasteiger partial charge in [-0.3, -0.25) is 0 Å². The molecule has 0 aliphatic carbocycles. The first kappa shape index (κ1) is 13.6. The van der Waals surface area contributed by atoms with Crippen molar-refractivity contribution in [3.8, 4) is 0 Å². The number of anilines is 1. The maximum absolute atomic E-state index is 12.5. The van der Waals surface area contributed by atoms with Gasteiger partial charge in [0.05, 0.1) is 5.56 Å². The van der Waals surface area contributed by atoms with Gasteiger partial charge in [0.2, 0.25) is 0 Å². The molecule has 0 unspecified atom stereocenters. The van der Waals surface area contributed by atoms with E-state index in [1.807, 2.05) is 13.8 Å². The van der Waals surface area contributed by atoms with Crippen molar-refractivity contribution >= 4 is 5.69 Å². The molecule has 17 heavy (non-hydrogen) atoms. The fourth-order valence-electron chi connectivity index (χ4n) is 1.48. The largest absolute Gasteiger partial charge is 0.416 e. The molecule has 0 aliphatic rings. The normalized spacial score (nSPS) is 11.4. The molecule has 0 atom stereocenters. The second-order valence-electron chi connectivity index (χ2n) is 4.03.